The predicted octanol–water partition coefficient (Wildman–Crippen LogP) is -2.64. The molecule has 0 spiro atoms. The monoisotopic (exact) mass is 811 g/mol. The molecule has 0 aliphatic rings. The van der Waals surface area contributed by atoms with Gasteiger partial charge in [-0.2, -0.15) is 12.6 Å². The van der Waals surface area contributed by atoms with Gasteiger partial charge in [-0.3, -0.25) is 43.2 Å². The standard InChI is InChI=1S/C34H49N7O14S/c1-17(2)12-19(35)29(49)40-22(13-18-6-4-3-5-7-18)30(50)36-15-25(42)37-23(14-28(47)48)32(52)38-20(8-10-26(43)44)31(51)41-24(16-56)33(53)39-21(34(54)55)9-11-27(45)46/h3-7,17,19-24,56H,8-16,35H2,1-2H3,(H,36,50)(H,37,42)(H,38,52)(H,39,53)(H,40,49)(H,41,51)(H,43,44)(H,45,46)(H,47,48)(H,54,55)/t19-,20-,21-,22-,23-,24-/m0/s1. The number of rotatable bonds is 26. The normalized spacial score (nSPS) is 14.0. The van der Waals surface area contributed by atoms with Crippen LogP contribution in [0.1, 0.15) is 57.9 Å². The van der Waals surface area contributed by atoms with E-state index in [2.05, 4.69) is 44.5 Å². The number of carboxylic acid groups (broad SMARTS) is 4. The molecule has 6 amide bonds. The summed E-state index contributed by atoms with van der Waals surface area (Å²) in [5.74, 6) is -12.3. The van der Waals surface area contributed by atoms with Crippen LogP contribution in [0.15, 0.2) is 30.3 Å². The van der Waals surface area contributed by atoms with Crippen LogP contribution in [0.25, 0.3) is 0 Å². The van der Waals surface area contributed by atoms with Crippen molar-refractivity contribution in [2.24, 2.45) is 11.7 Å². The van der Waals surface area contributed by atoms with Crippen molar-refractivity contribution < 1.29 is 68.4 Å². The lowest BCUT2D eigenvalue weighted by molar-refractivity contribution is -0.143. The van der Waals surface area contributed by atoms with E-state index in [1.165, 1.54) is 0 Å². The minimum atomic E-state index is -1.87. The third-order valence-corrected chi connectivity index (χ3v) is 8.15. The largest absolute Gasteiger partial charge is 0.481 e. The maximum atomic E-state index is 13.3. The zero-order chi connectivity index (χ0) is 42.5. The molecular weight excluding hydrogens is 762 g/mol. The molecule has 0 fully saturated rings. The second kappa shape index (κ2) is 24.6. The molecule has 1 rings (SSSR count). The topological polar surface area (TPSA) is 350 Å². The maximum absolute atomic E-state index is 13.3. The van der Waals surface area contributed by atoms with Crippen molar-refractivity contribution in [3.05, 3.63) is 35.9 Å². The van der Waals surface area contributed by atoms with Crippen molar-refractivity contribution in [1.29, 1.82) is 0 Å². The van der Waals surface area contributed by atoms with Gasteiger partial charge in [0.15, 0.2) is 0 Å². The fourth-order valence-electron chi connectivity index (χ4n) is 4.95. The van der Waals surface area contributed by atoms with Gasteiger partial charge in [0.1, 0.15) is 30.2 Å². The molecule has 6 atom stereocenters. The Balaban J connectivity index is 3.10. The van der Waals surface area contributed by atoms with Crippen LogP contribution in [0.5, 0.6) is 0 Å². The molecule has 310 valence electrons. The highest BCUT2D eigenvalue weighted by atomic mass is 32.1. The van der Waals surface area contributed by atoms with Crippen molar-refractivity contribution in [3.8, 4) is 0 Å². The molecule has 0 aliphatic heterocycles. The van der Waals surface area contributed by atoms with Crippen LogP contribution in [0.3, 0.4) is 0 Å². The number of hydrogen-bond donors (Lipinski definition) is 12. The average molecular weight is 812 g/mol. The number of carbonyl (C=O) groups excluding carboxylic acids is 6. The van der Waals surface area contributed by atoms with E-state index in [0.29, 0.717) is 12.0 Å². The van der Waals surface area contributed by atoms with E-state index in [-0.39, 0.29) is 12.3 Å². The molecule has 0 bridgehead atoms. The fourth-order valence-corrected chi connectivity index (χ4v) is 5.20. The molecule has 0 saturated heterocycles. The zero-order valence-electron chi connectivity index (χ0n) is 30.7. The van der Waals surface area contributed by atoms with Gasteiger partial charge in [0.05, 0.1) is 19.0 Å². The summed E-state index contributed by atoms with van der Waals surface area (Å²) in [6, 6.07) is -0.372. The Hall–Kier alpha value is -5.77. The molecule has 0 radical (unpaired) electrons. The number of amides is 6. The van der Waals surface area contributed by atoms with Crippen molar-refractivity contribution in [2.75, 3.05) is 12.3 Å². The Kier molecular flexibility index (Phi) is 21.2. The smallest absolute Gasteiger partial charge is 0.326 e. The first-order valence-corrected chi connectivity index (χ1v) is 17.9. The van der Waals surface area contributed by atoms with Crippen LogP contribution >= 0.6 is 12.6 Å². The van der Waals surface area contributed by atoms with Crippen LogP contribution in [-0.2, 0) is 54.4 Å². The van der Waals surface area contributed by atoms with Crippen molar-refractivity contribution in [3.63, 3.8) is 0 Å². The van der Waals surface area contributed by atoms with Gasteiger partial charge in [-0.1, -0.05) is 44.2 Å². The zero-order valence-corrected chi connectivity index (χ0v) is 31.6. The summed E-state index contributed by atoms with van der Waals surface area (Å²) in [4.78, 5) is 123. The van der Waals surface area contributed by atoms with Crippen LogP contribution in [0.2, 0.25) is 0 Å². The first kappa shape index (κ1) is 48.2. The minimum Gasteiger partial charge on any atom is -0.481 e. The van der Waals surface area contributed by atoms with Gasteiger partial charge in [-0.25, -0.2) is 4.79 Å². The van der Waals surface area contributed by atoms with Crippen molar-refractivity contribution in [1.82, 2.24) is 31.9 Å². The van der Waals surface area contributed by atoms with E-state index in [9.17, 15) is 63.3 Å². The highest BCUT2D eigenvalue weighted by Gasteiger charge is 2.32. The molecular formula is C34H49N7O14S. The lowest BCUT2D eigenvalue weighted by Crippen LogP contribution is -2.59. The Labute approximate surface area is 326 Å². The number of hydrogen-bond acceptors (Lipinski definition) is 12. The summed E-state index contributed by atoms with van der Waals surface area (Å²) in [6.45, 7) is 2.92. The van der Waals surface area contributed by atoms with Gasteiger partial charge in [0, 0.05) is 25.0 Å². The molecule has 0 heterocycles. The second-order valence-electron chi connectivity index (χ2n) is 13.0. The number of nitrogens with one attached hydrogen (secondary N) is 6. The van der Waals surface area contributed by atoms with Crippen LogP contribution in [0.4, 0.5) is 0 Å². The van der Waals surface area contributed by atoms with Crippen LogP contribution < -0.4 is 37.6 Å². The average Bonchev–Trinajstić information content (AvgIpc) is 3.11. The van der Waals surface area contributed by atoms with Gasteiger partial charge in [-0.15, -0.1) is 0 Å². The maximum Gasteiger partial charge on any atom is 0.326 e. The van der Waals surface area contributed by atoms with E-state index in [1.807, 2.05) is 13.8 Å². The van der Waals surface area contributed by atoms with Gasteiger partial charge >= 0.3 is 23.9 Å². The third-order valence-electron chi connectivity index (χ3n) is 7.79. The van der Waals surface area contributed by atoms with Gasteiger partial charge in [0.25, 0.3) is 0 Å². The SMILES string of the molecule is CC(C)C[C@H](N)C(=O)N[C@@H](Cc1ccccc1)C(=O)NCC(=O)N[C@@H](CC(=O)O)C(=O)N[C@@H](CCC(=O)O)C(=O)N[C@@H](CS)C(=O)N[C@@H](CCC(=O)O)C(=O)O. The molecule has 0 aliphatic carbocycles. The van der Waals surface area contributed by atoms with E-state index < -0.39 is 140 Å². The minimum absolute atomic E-state index is 0.0128. The number of nitrogens with two attached hydrogens (primary N) is 1. The first-order valence-electron chi connectivity index (χ1n) is 17.3. The Morgan fingerprint density at radius 1 is 0.625 bits per heavy atom. The molecule has 22 heteroatoms. The first-order chi connectivity index (χ1) is 26.2. The van der Waals surface area contributed by atoms with E-state index in [1.54, 1.807) is 30.3 Å². The Morgan fingerprint density at radius 2 is 1.12 bits per heavy atom. The molecule has 21 nitrogen and oxygen atoms in total. The fraction of sp³-hybridized carbons (Fsp3) is 0.529. The van der Waals surface area contributed by atoms with E-state index >= 15 is 0 Å². The Bertz CT molecular complexity index is 1580. The van der Waals surface area contributed by atoms with E-state index in [4.69, 9.17) is 10.8 Å². The molecule has 56 heavy (non-hydrogen) atoms. The Morgan fingerprint density at radius 3 is 1.64 bits per heavy atom. The number of carboxylic acids is 4. The van der Waals surface area contributed by atoms with Crippen molar-refractivity contribution in [2.45, 2.75) is 95.0 Å². The molecule has 0 unspecified atom stereocenters. The van der Waals surface area contributed by atoms with Gasteiger partial charge in [0.2, 0.25) is 35.4 Å². The third kappa shape index (κ3) is 19.0. The summed E-state index contributed by atoms with van der Waals surface area (Å²) in [5.41, 5.74) is 6.64. The molecule has 0 saturated carbocycles. The molecule has 1 aromatic carbocycles. The van der Waals surface area contributed by atoms with Gasteiger partial charge < -0.3 is 58.1 Å². The number of aliphatic carboxylic acids is 4. The summed E-state index contributed by atoms with van der Waals surface area (Å²) in [6.07, 6.45) is -3.11. The number of benzene rings is 1. The molecule has 1 aromatic rings. The summed E-state index contributed by atoms with van der Waals surface area (Å²) in [5, 5.41) is 50.2. The van der Waals surface area contributed by atoms with Gasteiger partial charge in [-0.05, 0) is 30.7 Å². The predicted molar refractivity (Wildman–Crippen MR) is 198 cm³/mol. The quantitative estimate of drug-likeness (QED) is 0.0426. The lowest BCUT2D eigenvalue weighted by Gasteiger charge is -2.25. The number of carbonyl (C=O) groups is 10. The summed E-state index contributed by atoms with van der Waals surface area (Å²) >= 11 is 3.96. The molecule has 12 N–H and O–H groups in total. The second-order valence-corrected chi connectivity index (χ2v) is 13.4. The highest BCUT2D eigenvalue weighted by molar-refractivity contribution is 7.80. The molecule has 0 aromatic heterocycles. The van der Waals surface area contributed by atoms with Crippen LogP contribution in [0, 0.1) is 5.92 Å². The van der Waals surface area contributed by atoms with E-state index in [0.717, 1.165) is 0 Å². The summed E-state index contributed by atoms with van der Waals surface area (Å²) < 4.78 is 0. The van der Waals surface area contributed by atoms with Crippen LogP contribution in [-0.4, -0.2) is 128 Å². The summed E-state index contributed by atoms with van der Waals surface area (Å²) in [7, 11) is 0. The lowest BCUT2D eigenvalue weighted by atomic mass is 10.0. The highest BCUT2D eigenvalue weighted by Crippen LogP contribution is 2.08. The van der Waals surface area contributed by atoms with Crippen molar-refractivity contribution >= 4 is 71.9 Å². The number of thiol groups is 1.